The molecule has 0 saturated carbocycles. The summed E-state index contributed by atoms with van der Waals surface area (Å²) < 4.78 is 33.6. The van der Waals surface area contributed by atoms with Gasteiger partial charge in [0.25, 0.3) is 11.8 Å². The molecule has 0 fully saturated rings. The van der Waals surface area contributed by atoms with Gasteiger partial charge in [-0.2, -0.15) is 0 Å². The average Bonchev–Trinajstić information content (AvgIpc) is 3.45. The zero-order valence-corrected chi connectivity index (χ0v) is 26.7. The number of amides is 2. The Morgan fingerprint density at radius 2 is 1.68 bits per heavy atom. The van der Waals surface area contributed by atoms with E-state index in [-0.39, 0.29) is 34.5 Å². The Hall–Kier alpha value is -4.71. The summed E-state index contributed by atoms with van der Waals surface area (Å²) in [7, 11) is -2.22. The molecule has 0 aliphatic carbocycles. The van der Waals surface area contributed by atoms with Gasteiger partial charge in [-0.05, 0) is 59.7 Å². The van der Waals surface area contributed by atoms with E-state index >= 15 is 0 Å². The molecule has 0 spiro atoms. The van der Waals surface area contributed by atoms with E-state index < -0.39 is 15.9 Å². The van der Waals surface area contributed by atoms with Crippen LogP contribution in [0.15, 0.2) is 66.9 Å². The summed E-state index contributed by atoms with van der Waals surface area (Å²) in [4.78, 5) is 26.5. The molecular formula is C32H38N6O5S. The smallest absolute Gasteiger partial charge is 0.273 e. The number of nitrogens with one attached hydrogen (secondary N) is 3. The zero-order valence-electron chi connectivity index (χ0n) is 25.9. The molecule has 1 aromatic heterocycles. The number of nitrogens with zero attached hydrogens (tertiary/aromatic N) is 3. The summed E-state index contributed by atoms with van der Waals surface area (Å²) in [5, 5.41) is 14.1. The van der Waals surface area contributed by atoms with Gasteiger partial charge in [-0.1, -0.05) is 69.3 Å². The standard InChI is InChI=1S/C32H38N6O5S/c1-8-24(21-12-10-9-11-13-21)33-31(40)27-19-38(37-35-27)28-16-22(15-14-20(28)2)30(39)34-25-17-23(32(3,4)5)18-26(29(25)43-6)36-44(7,41)42/h9-19,24,36H,8H2,1-7H3,(H,33,40)(H,34,39). The van der Waals surface area contributed by atoms with E-state index in [9.17, 15) is 18.0 Å². The van der Waals surface area contributed by atoms with E-state index in [1.54, 1.807) is 30.3 Å². The van der Waals surface area contributed by atoms with Gasteiger partial charge in [-0.3, -0.25) is 14.3 Å². The van der Waals surface area contributed by atoms with E-state index in [1.807, 2.05) is 65.0 Å². The van der Waals surface area contributed by atoms with E-state index in [2.05, 4.69) is 25.7 Å². The molecule has 1 atom stereocenters. The molecule has 0 bridgehead atoms. The minimum absolute atomic E-state index is 0.142. The average molecular weight is 619 g/mol. The lowest BCUT2D eigenvalue weighted by atomic mass is 9.86. The minimum Gasteiger partial charge on any atom is -0.492 e. The highest BCUT2D eigenvalue weighted by molar-refractivity contribution is 7.92. The van der Waals surface area contributed by atoms with Crippen molar-refractivity contribution in [3.63, 3.8) is 0 Å². The largest absolute Gasteiger partial charge is 0.492 e. The fourth-order valence-corrected chi connectivity index (χ4v) is 5.22. The van der Waals surface area contributed by atoms with Gasteiger partial charge in [0.1, 0.15) is 0 Å². The van der Waals surface area contributed by atoms with Gasteiger partial charge in [0.05, 0.1) is 42.7 Å². The SMILES string of the molecule is CCC(NC(=O)c1cn(-c2cc(C(=O)Nc3cc(C(C)(C)C)cc(NS(C)(=O)=O)c3OC)ccc2C)nn1)c1ccccc1. The van der Waals surface area contributed by atoms with Gasteiger partial charge >= 0.3 is 0 Å². The number of carbonyl (C=O) groups is 2. The summed E-state index contributed by atoms with van der Waals surface area (Å²) in [6.45, 7) is 9.79. The molecule has 4 aromatic rings. The summed E-state index contributed by atoms with van der Waals surface area (Å²) >= 11 is 0. The Morgan fingerprint density at radius 3 is 2.30 bits per heavy atom. The Balaban J connectivity index is 1.62. The van der Waals surface area contributed by atoms with E-state index in [4.69, 9.17) is 4.74 Å². The molecule has 12 heteroatoms. The monoisotopic (exact) mass is 618 g/mol. The maximum Gasteiger partial charge on any atom is 0.273 e. The summed E-state index contributed by atoms with van der Waals surface area (Å²) in [6.07, 6.45) is 3.28. The minimum atomic E-state index is -3.62. The molecule has 2 amide bonds. The number of carbonyl (C=O) groups excluding carboxylic acids is 2. The van der Waals surface area contributed by atoms with Crippen LogP contribution in [0.3, 0.4) is 0 Å². The van der Waals surface area contributed by atoms with Gasteiger partial charge in [0.15, 0.2) is 11.4 Å². The highest BCUT2D eigenvalue weighted by atomic mass is 32.2. The van der Waals surface area contributed by atoms with Crippen LogP contribution in [0.1, 0.15) is 77.7 Å². The van der Waals surface area contributed by atoms with Gasteiger partial charge in [0.2, 0.25) is 10.0 Å². The molecule has 0 saturated heterocycles. The second-order valence-corrected chi connectivity index (χ2v) is 13.3. The maximum absolute atomic E-state index is 13.5. The maximum atomic E-state index is 13.5. The molecule has 11 nitrogen and oxygen atoms in total. The van der Waals surface area contributed by atoms with Crippen molar-refractivity contribution >= 4 is 33.2 Å². The van der Waals surface area contributed by atoms with E-state index in [0.717, 1.165) is 22.9 Å². The van der Waals surface area contributed by atoms with Crippen LogP contribution >= 0.6 is 0 Å². The van der Waals surface area contributed by atoms with Crippen LogP contribution in [0.2, 0.25) is 0 Å². The number of benzene rings is 3. The highest BCUT2D eigenvalue weighted by Gasteiger charge is 2.23. The molecule has 1 heterocycles. The molecule has 0 aliphatic heterocycles. The number of aryl methyl sites for hydroxylation is 1. The van der Waals surface area contributed by atoms with Crippen molar-refractivity contribution in [2.24, 2.45) is 0 Å². The second kappa shape index (κ2) is 12.9. The van der Waals surface area contributed by atoms with Crippen LogP contribution in [0, 0.1) is 6.92 Å². The van der Waals surface area contributed by atoms with Gasteiger partial charge in [0, 0.05) is 5.56 Å². The van der Waals surface area contributed by atoms with Crippen molar-refractivity contribution < 1.29 is 22.7 Å². The molecule has 0 aliphatic rings. The topological polar surface area (TPSA) is 144 Å². The number of aromatic nitrogens is 3. The van der Waals surface area contributed by atoms with Crippen LogP contribution in [-0.4, -0.2) is 48.6 Å². The number of anilines is 2. The van der Waals surface area contributed by atoms with E-state index in [0.29, 0.717) is 23.4 Å². The normalized spacial score (nSPS) is 12.3. The van der Waals surface area contributed by atoms with Crippen molar-refractivity contribution in [1.82, 2.24) is 20.3 Å². The van der Waals surface area contributed by atoms with Crippen LogP contribution < -0.4 is 20.1 Å². The number of rotatable bonds is 10. The third-order valence-electron chi connectivity index (χ3n) is 7.06. The Labute approximate surface area is 258 Å². The summed E-state index contributed by atoms with van der Waals surface area (Å²) in [6, 6.07) is 18.1. The number of sulfonamides is 1. The highest BCUT2D eigenvalue weighted by Crippen LogP contribution is 2.39. The van der Waals surface area contributed by atoms with Crippen molar-refractivity contribution in [3.05, 3.63) is 94.8 Å². The molecule has 1 unspecified atom stereocenters. The van der Waals surface area contributed by atoms with E-state index in [1.165, 1.54) is 18.0 Å². The van der Waals surface area contributed by atoms with Crippen molar-refractivity contribution in [2.75, 3.05) is 23.4 Å². The third kappa shape index (κ3) is 7.62. The lowest BCUT2D eigenvalue weighted by molar-refractivity contribution is 0.0929. The molecule has 0 radical (unpaired) electrons. The number of ether oxygens (including phenoxy) is 1. The zero-order chi connectivity index (χ0) is 32.2. The predicted octanol–water partition coefficient (Wildman–Crippen LogP) is 5.39. The lowest BCUT2D eigenvalue weighted by Crippen LogP contribution is -2.28. The fourth-order valence-electron chi connectivity index (χ4n) is 4.67. The van der Waals surface area contributed by atoms with Crippen LogP contribution in [0.5, 0.6) is 5.75 Å². The molecule has 4 rings (SSSR count). The van der Waals surface area contributed by atoms with Crippen LogP contribution in [-0.2, 0) is 15.4 Å². The van der Waals surface area contributed by atoms with Gasteiger partial charge in [-0.15, -0.1) is 5.10 Å². The molecule has 3 N–H and O–H groups in total. The first-order chi connectivity index (χ1) is 20.7. The molecular weight excluding hydrogens is 580 g/mol. The molecule has 44 heavy (non-hydrogen) atoms. The predicted molar refractivity (Wildman–Crippen MR) is 171 cm³/mol. The first-order valence-corrected chi connectivity index (χ1v) is 16.0. The fraction of sp³-hybridized carbons (Fsp3) is 0.312. The van der Waals surface area contributed by atoms with Crippen LogP contribution in [0.25, 0.3) is 5.69 Å². The van der Waals surface area contributed by atoms with Crippen molar-refractivity contribution in [1.29, 1.82) is 0 Å². The Bertz CT molecular complexity index is 1780. The quantitative estimate of drug-likeness (QED) is 0.216. The second-order valence-electron chi connectivity index (χ2n) is 11.6. The summed E-state index contributed by atoms with van der Waals surface area (Å²) in [5.74, 6) is -0.632. The number of hydrogen-bond donors (Lipinski definition) is 3. The Kier molecular flexibility index (Phi) is 9.43. The molecule has 232 valence electrons. The first-order valence-electron chi connectivity index (χ1n) is 14.1. The van der Waals surface area contributed by atoms with Gasteiger partial charge < -0.3 is 15.4 Å². The Morgan fingerprint density at radius 1 is 1.00 bits per heavy atom. The lowest BCUT2D eigenvalue weighted by Gasteiger charge is -2.24. The number of methoxy groups -OCH3 is 1. The van der Waals surface area contributed by atoms with Crippen molar-refractivity contribution in [3.8, 4) is 11.4 Å². The third-order valence-corrected chi connectivity index (χ3v) is 7.65. The first kappa shape index (κ1) is 32.2. The number of hydrogen-bond acceptors (Lipinski definition) is 7. The molecule has 3 aromatic carbocycles. The van der Waals surface area contributed by atoms with Crippen LogP contribution in [0.4, 0.5) is 11.4 Å². The van der Waals surface area contributed by atoms with Crippen molar-refractivity contribution in [2.45, 2.75) is 52.5 Å². The van der Waals surface area contributed by atoms with Gasteiger partial charge in [-0.25, -0.2) is 13.1 Å². The summed E-state index contributed by atoms with van der Waals surface area (Å²) in [5.41, 5.74) is 3.77.